The largest absolute Gasteiger partial charge is 0.497 e. The number of carbonyl (C=O) groups is 3. The summed E-state index contributed by atoms with van der Waals surface area (Å²) in [7, 11) is 1.52. The number of methoxy groups -OCH3 is 1. The summed E-state index contributed by atoms with van der Waals surface area (Å²) in [4.78, 5) is 38.4. The third kappa shape index (κ3) is 4.16. The molecule has 0 aliphatic carbocycles. The van der Waals surface area contributed by atoms with Crippen molar-refractivity contribution in [3.05, 3.63) is 57.2 Å². The number of carbonyl (C=O) groups excluding carboxylic acids is 3. The number of imide groups is 2. The average Bonchev–Trinajstić information content (AvgIpc) is 2.65. The van der Waals surface area contributed by atoms with Gasteiger partial charge in [0.05, 0.1) is 19.4 Å². The Morgan fingerprint density at radius 1 is 1.07 bits per heavy atom. The Bertz CT molecular complexity index is 969. The number of barbiturate groups is 1. The van der Waals surface area contributed by atoms with Crippen LogP contribution in [0.25, 0.3) is 6.08 Å². The van der Waals surface area contributed by atoms with Crippen molar-refractivity contribution in [1.82, 2.24) is 5.32 Å². The first kappa shape index (κ1) is 19.9. The molecule has 4 amide bonds. The number of hydrogen-bond donors (Lipinski definition) is 1. The van der Waals surface area contributed by atoms with E-state index in [0.29, 0.717) is 29.4 Å². The summed E-state index contributed by atoms with van der Waals surface area (Å²) in [5.41, 5.74) is 0.817. The molecule has 8 heteroatoms. The lowest BCUT2D eigenvalue weighted by Crippen LogP contribution is -2.54. The molecule has 1 fully saturated rings. The predicted molar refractivity (Wildman–Crippen MR) is 112 cm³/mol. The van der Waals surface area contributed by atoms with E-state index in [1.165, 1.54) is 13.2 Å². The fourth-order valence-electron chi connectivity index (χ4n) is 2.71. The van der Waals surface area contributed by atoms with E-state index in [1.807, 2.05) is 19.1 Å². The molecule has 1 N–H and O–H groups in total. The first-order valence-electron chi connectivity index (χ1n) is 8.42. The van der Waals surface area contributed by atoms with E-state index >= 15 is 0 Å². The summed E-state index contributed by atoms with van der Waals surface area (Å²) in [6, 6.07) is 11.0. The molecule has 3 rings (SSSR count). The zero-order valence-corrected chi connectivity index (χ0v) is 17.3. The molecule has 2 aromatic carbocycles. The number of urea groups is 1. The summed E-state index contributed by atoms with van der Waals surface area (Å²) in [6.07, 6.45) is 1.45. The molecule has 0 unspecified atom stereocenters. The fraction of sp³-hybridized carbons (Fsp3) is 0.150. The second-order valence-electron chi connectivity index (χ2n) is 5.81. The second kappa shape index (κ2) is 8.42. The maximum absolute atomic E-state index is 12.9. The Kier molecular flexibility index (Phi) is 5.98. The van der Waals surface area contributed by atoms with Crippen molar-refractivity contribution < 1.29 is 23.9 Å². The lowest BCUT2D eigenvalue weighted by Gasteiger charge is -2.26. The van der Waals surface area contributed by atoms with Gasteiger partial charge >= 0.3 is 6.03 Å². The normalized spacial score (nSPS) is 15.6. The van der Waals surface area contributed by atoms with Crippen LogP contribution in [-0.2, 0) is 9.59 Å². The van der Waals surface area contributed by atoms with Crippen LogP contribution >= 0.6 is 22.6 Å². The van der Waals surface area contributed by atoms with Crippen LogP contribution in [0.4, 0.5) is 10.5 Å². The fourth-order valence-corrected chi connectivity index (χ4v) is 3.37. The predicted octanol–water partition coefficient (Wildman–Crippen LogP) is 3.36. The molecule has 0 bridgehead atoms. The number of anilines is 1. The smallest absolute Gasteiger partial charge is 0.335 e. The molecule has 0 atom stereocenters. The van der Waals surface area contributed by atoms with E-state index in [9.17, 15) is 14.4 Å². The summed E-state index contributed by atoms with van der Waals surface area (Å²) >= 11 is 2.13. The highest BCUT2D eigenvalue weighted by Gasteiger charge is 2.36. The van der Waals surface area contributed by atoms with Gasteiger partial charge in [0.25, 0.3) is 11.8 Å². The van der Waals surface area contributed by atoms with Gasteiger partial charge in [0.2, 0.25) is 0 Å². The van der Waals surface area contributed by atoms with Gasteiger partial charge in [0.1, 0.15) is 17.1 Å². The number of halogens is 1. The molecule has 2 aromatic rings. The van der Waals surface area contributed by atoms with Gasteiger partial charge in [-0.3, -0.25) is 14.9 Å². The molecule has 1 saturated heterocycles. The highest BCUT2D eigenvalue weighted by atomic mass is 127. The maximum Gasteiger partial charge on any atom is 0.335 e. The quantitative estimate of drug-likeness (QED) is 0.393. The van der Waals surface area contributed by atoms with Crippen LogP contribution in [0, 0.1) is 3.57 Å². The molecule has 0 saturated carbocycles. The summed E-state index contributed by atoms with van der Waals surface area (Å²) in [5, 5.41) is 2.21. The highest BCUT2D eigenvalue weighted by Crippen LogP contribution is 2.26. The molecular weight excluding hydrogens is 475 g/mol. The molecule has 1 heterocycles. The summed E-state index contributed by atoms with van der Waals surface area (Å²) in [5.74, 6) is -0.219. The topological polar surface area (TPSA) is 84.9 Å². The third-order valence-electron chi connectivity index (χ3n) is 3.95. The van der Waals surface area contributed by atoms with Gasteiger partial charge in [-0.1, -0.05) is 0 Å². The van der Waals surface area contributed by atoms with Crippen molar-refractivity contribution in [2.24, 2.45) is 0 Å². The number of ether oxygens (including phenoxy) is 2. The van der Waals surface area contributed by atoms with E-state index in [4.69, 9.17) is 9.47 Å². The Morgan fingerprint density at radius 3 is 2.43 bits per heavy atom. The van der Waals surface area contributed by atoms with Gasteiger partial charge in [0.15, 0.2) is 0 Å². The molecule has 0 aromatic heterocycles. The number of benzene rings is 2. The summed E-state index contributed by atoms with van der Waals surface area (Å²) in [6.45, 7) is 2.36. The molecule has 0 radical (unpaired) electrons. The minimum absolute atomic E-state index is 0.139. The van der Waals surface area contributed by atoms with E-state index in [1.54, 1.807) is 30.3 Å². The van der Waals surface area contributed by atoms with Crippen LogP contribution in [-0.4, -0.2) is 31.6 Å². The average molecular weight is 492 g/mol. The SMILES string of the molecule is CCOc1cc(I)cc(/C=C2\C(=O)NC(=O)N(c3ccc(OC)cc3)C2=O)c1. The van der Waals surface area contributed by atoms with Gasteiger partial charge in [-0.05, 0) is 83.6 Å². The second-order valence-corrected chi connectivity index (χ2v) is 7.05. The third-order valence-corrected chi connectivity index (χ3v) is 4.57. The van der Waals surface area contributed by atoms with Crippen LogP contribution in [0.5, 0.6) is 11.5 Å². The Morgan fingerprint density at radius 2 is 1.79 bits per heavy atom. The monoisotopic (exact) mass is 492 g/mol. The maximum atomic E-state index is 12.9. The van der Waals surface area contributed by atoms with Crippen molar-refractivity contribution in [2.75, 3.05) is 18.6 Å². The van der Waals surface area contributed by atoms with Gasteiger partial charge in [0, 0.05) is 3.57 Å². The Labute approximate surface area is 175 Å². The van der Waals surface area contributed by atoms with Gasteiger partial charge in [-0.25, -0.2) is 9.69 Å². The number of nitrogens with zero attached hydrogens (tertiary/aromatic N) is 1. The van der Waals surface area contributed by atoms with Crippen molar-refractivity contribution >= 4 is 52.2 Å². The summed E-state index contributed by atoms with van der Waals surface area (Å²) < 4.78 is 11.5. The zero-order valence-electron chi connectivity index (χ0n) is 15.2. The van der Waals surface area contributed by atoms with Crippen molar-refractivity contribution in [3.8, 4) is 11.5 Å². The Balaban J connectivity index is 1.98. The molecule has 28 heavy (non-hydrogen) atoms. The van der Waals surface area contributed by atoms with Crippen molar-refractivity contribution in [3.63, 3.8) is 0 Å². The van der Waals surface area contributed by atoms with Gasteiger partial charge in [-0.2, -0.15) is 0 Å². The van der Waals surface area contributed by atoms with Crippen molar-refractivity contribution in [2.45, 2.75) is 6.92 Å². The lowest BCUT2D eigenvalue weighted by molar-refractivity contribution is -0.122. The molecule has 0 spiro atoms. The van der Waals surface area contributed by atoms with Crippen molar-refractivity contribution in [1.29, 1.82) is 0 Å². The first-order valence-corrected chi connectivity index (χ1v) is 9.49. The van der Waals surface area contributed by atoms with E-state index in [0.717, 1.165) is 8.47 Å². The number of nitrogens with one attached hydrogen (secondary N) is 1. The minimum Gasteiger partial charge on any atom is -0.497 e. The van der Waals surface area contributed by atoms with Gasteiger partial charge < -0.3 is 9.47 Å². The molecule has 7 nitrogen and oxygen atoms in total. The van der Waals surface area contributed by atoms with Crippen LogP contribution in [0.2, 0.25) is 0 Å². The molecule has 144 valence electrons. The standard InChI is InChI=1S/C20H17IN2O5/c1-3-28-16-9-12(8-13(21)11-16)10-17-18(24)22-20(26)23(19(17)25)14-4-6-15(27-2)7-5-14/h4-11H,3H2,1-2H3,(H,22,24,26)/b17-10+. The lowest BCUT2D eigenvalue weighted by atomic mass is 10.1. The molecule has 1 aliphatic heterocycles. The van der Waals surface area contributed by atoms with Crippen LogP contribution in [0.15, 0.2) is 48.0 Å². The van der Waals surface area contributed by atoms with Crippen LogP contribution < -0.4 is 19.7 Å². The number of amides is 4. The van der Waals surface area contributed by atoms with Crippen LogP contribution in [0.3, 0.4) is 0 Å². The van der Waals surface area contributed by atoms with Gasteiger partial charge in [-0.15, -0.1) is 0 Å². The molecule has 1 aliphatic rings. The Hall–Kier alpha value is -2.88. The first-order chi connectivity index (χ1) is 13.4. The molecular formula is C20H17IN2O5. The zero-order chi connectivity index (χ0) is 20.3. The minimum atomic E-state index is -0.796. The highest BCUT2D eigenvalue weighted by molar-refractivity contribution is 14.1. The van der Waals surface area contributed by atoms with E-state index < -0.39 is 17.8 Å². The number of hydrogen-bond acceptors (Lipinski definition) is 5. The number of rotatable bonds is 5. The van der Waals surface area contributed by atoms with E-state index in [-0.39, 0.29) is 5.57 Å². The van der Waals surface area contributed by atoms with E-state index in [2.05, 4.69) is 27.9 Å². The van der Waals surface area contributed by atoms with Crippen LogP contribution in [0.1, 0.15) is 12.5 Å².